The zero-order chi connectivity index (χ0) is 87.6. The second kappa shape index (κ2) is 44.9. The van der Waals surface area contributed by atoms with Crippen LogP contribution in [0.5, 0.6) is 0 Å². The third-order valence-electron chi connectivity index (χ3n) is 21.4. The number of nitrogens with one attached hydrogen (secondary N) is 4. The molecule has 0 aliphatic carbocycles. The number of carbonyl (C=O) groups excluding carboxylic acids is 5. The van der Waals surface area contributed by atoms with Gasteiger partial charge in [0, 0.05) is 39.9 Å². The van der Waals surface area contributed by atoms with Gasteiger partial charge in [-0.15, -0.1) is 0 Å². The zero-order valence-corrected chi connectivity index (χ0v) is 66.0. The number of rotatable bonds is 35. The van der Waals surface area contributed by atoms with Crippen molar-refractivity contribution in [1.82, 2.24) is 21.3 Å². The van der Waals surface area contributed by atoms with Gasteiger partial charge < -0.3 is 224 Å². The molecule has 9 fully saturated rings. The van der Waals surface area contributed by atoms with Crippen LogP contribution in [-0.2, 0) is 104 Å². The first-order valence-corrected chi connectivity index (χ1v) is 39.9. The first-order valence-electron chi connectivity index (χ1n) is 38.1. The molecule has 119 heavy (non-hydrogen) atoms. The third-order valence-corrected chi connectivity index (χ3v) is 23.0. The smallest absolute Gasteiger partial charge is 0.217 e. The molecule has 19 unspecified atom stereocenters. The molecule has 9 aliphatic heterocycles. The third kappa shape index (κ3) is 23.1. The Morgan fingerprint density at radius 1 is 0.286 bits per heavy atom. The molecule has 4 amide bonds. The molecule has 0 aromatic heterocycles. The zero-order valence-electron chi connectivity index (χ0n) is 64.2. The Balaban J connectivity index is 1.05. The Morgan fingerprint density at radius 2 is 0.571 bits per heavy atom. The van der Waals surface area contributed by atoms with Gasteiger partial charge in [0.25, 0.3) is 0 Å². The quantitative estimate of drug-likeness (QED) is 0.0207. The highest BCUT2D eigenvalue weighted by atomic mass is 32.2. The van der Waals surface area contributed by atoms with Gasteiger partial charge in [-0.1, -0.05) is 0 Å². The van der Waals surface area contributed by atoms with Gasteiger partial charge in [-0.25, -0.2) is 0 Å². The van der Waals surface area contributed by atoms with Crippen molar-refractivity contribution in [1.29, 1.82) is 0 Å². The van der Waals surface area contributed by atoms with Crippen molar-refractivity contribution in [2.24, 2.45) is 0 Å². The van der Waals surface area contributed by atoms with Crippen LogP contribution in [0.15, 0.2) is 0 Å². The number of carbonyl (C=O) groups is 5. The van der Waals surface area contributed by atoms with Crippen LogP contribution in [0.3, 0.4) is 0 Å². The number of ketones is 1. The molecular formula is C67H112N4O46S2. The molecule has 9 saturated heterocycles. The van der Waals surface area contributed by atoms with Gasteiger partial charge in [0.2, 0.25) is 23.6 Å². The monoisotopic (exact) mass is 1770 g/mol. The van der Waals surface area contributed by atoms with Gasteiger partial charge in [-0.2, -0.15) is 24.4 Å². The van der Waals surface area contributed by atoms with E-state index in [1.165, 1.54) is 11.8 Å². The predicted octanol–water partition coefficient (Wildman–Crippen LogP) is -18.4. The van der Waals surface area contributed by atoms with Crippen molar-refractivity contribution in [2.75, 3.05) is 76.7 Å². The largest absolute Gasteiger partial charge is 0.394 e. The summed E-state index contributed by atoms with van der Waals surface area (Å²) >= 11 is 5.39. The molecule has 0 aromatic rings. The molecule has 52 heteroatoms. The summed E-state index contributed by atoms with van der Waals surface area (Å²) in [6.45, 7) is -5.91. The molecule has 0 spiro atoms. The van der Waals surface area contributed by atoms with Gasteiger partial charge >= 0.3 is 0 Å². The second-order valence-corrected chi connectivity index (χ2v) is 31.4. The molecule has 9 rings (SSSR count). The maximum atomic E-state index is 13.2. The van der Waals surface area contributed by atoms with E-state index in [-0.39, 0.29) is 11.5 Å². The van der Waals surface area contributed by atoms with E-state index in [9.17, 15) is 147 Å². The van der Waals surface area contributed by atoms with E-state index in [0.29, 0.717) is 11.5 Å². The van der Waals surface area contributed by atoms with Crippen LogP contribution < -0.4 is 21.3 Å². The molecule has 50 nitrogen and oxygen atoms in total. The van der Waals surface area contributed by atoms with Crippen molar-refractivity contribution in [3.05, 3.63) is 0 Å². The molecule has 0 bridgehead atoms. The molecule has 0 radical (unpaired) electrons. The predicted molar refractivity (Wildman–Crippen MR) is 382 cm³/mol. The number of hydrogen-bond donors (Lipinski definition) is 29. The van der Waals surface area contributed by atoms with Gasteiger partial charge in [-0.05, 0) is 5.75 Å². The minimum atomic E-state index is -2.58. The Labute approximate surface area is 686 Å². The van der Waals surface area contributed by atoms with Crippen LogP contribution >= 0.6 is 24.4 Å². The Hall–Kier alpha value is -3.39. The van der Waals surface area contributed by atoms with Crippen molar-refractivity contribution in [3.63, 3.8) is 0 Å². The highest BCUT2D eigenvalue weighted by Gasteiger charge is 2.61. The van der Waals surface area contributed by atoms with E-state index in [4.69, 9.17) is 80.5 Å². The number of amides is 4. The van der Waals surface area contributed by atoms with E-state index in [1.54, 1.807) is 0 Å². The lowest BCUT2D eigenvalue weighted by Gasteiger charge is -2.51. The fraction of sp³-hybridized carbons (Fsp3) is 0.925. The lowest BCUT2D eigenvalue weighted by Crippen LogP contribution is -2.71. The van der Waals surface area contributed by atoms with Gasteiger partial charge in [-0.3, -0.25) is 24.0 Å². The van der Waals surface area contributed by atoms with Gasteiger partial charge in [0.15, 0.2) is 50.3 Å². The molecule has 45 atom stereocenters. The maximum Gasteiger partial charge on any atom is 0.217 e. The van der Waals surface area contributed by atoms with Gasteiger partial charge in [0.1, 0.15) is 219 Å². The van der Waals surface area contributed by atoms with E-state index in [0.717, 1.165) is 27.7 Å². The van der Waals surface area contributed by atoms with Crippen LogP contribution in [0, 0.1) is 0 Å². The Kier molecular flexibility index (Phi) is 37.5. The van der Waals surface area contributed by atoms with Gasteiger partial charge in [0.05, 0.1) is 77.4 Å². The standard InChI is InChI=1S/C67H112N4O46S2/c1-18(80)68-33-23(7-22(84)17-119-6-5-118)102-28(12-76)53(42(33)90)111-60-34(69-19(2)81)43(91)56(31(15-79)107-60)114-65-52(100)57(115-67-59(49(97)40(88)27(11-75)106-67)117-62-36(71-21(4)83)45(93)55(30(14-78)109-62)113-64-51(99)47(95)38(86)25(9-73)104-64)41(89)32(110-65)16-101-66-58(48(96)39(87)26(10-74)105-66)116-61-35(70-20(3)82)44(92)54(29(13-77)108-61)112-63-50(98)46(94)37(85)24(8-72)103-63/h23-67,72-79,85-100,118H,5-17H2,1-4H3,(H,68,80)(H,69,81)(H,70,82)(H,71,83)/t23-,24?,25?,26?,27?,28?,29-,30?,31?,32?,33?,34?,35?,36?,37-,38-,39+,40+,41+,42+,43+,44?,45+,46-,47-,48-,49?,50?,51?,52?,53+,54+,55+,56+,57-,58?,59?,60-,61-,62-,63-,64-,65-,66-,67+/m0/s1. The number of aliphatic hydroxyl groups excluding tert-OH is 24. The average molecular weight is 1770 g/mol. The van der Waals surface area contributed by atoms with Crippen molar-refractivity contribution in [3.8, 4) is 0 Å². The van der Waals surface area contributed by atoms with Crippen molar-refractivity contribution in [2.45, 2.75) is 310 Å². The van der Waals surface area contributed by atoms with Crippen LogP contribution in [0.25, 0.3) is 0 Å². The lowest BCUT2D eigenvalue weighted by atomic mass is 9.89. The Bertz CT molecular complexity index is 3180. The number of Topliss-reactive ketones (excluding diaryl/α,β-unsaturated/α-hetero) is 1. The highest BCUT2D eigenvalue weighted by molar-refractivity contribution is 8.00. The molecule has 0 saturated carbocycles. The molecule has 9 aliphatic rings. The summed E-state index contributed by atoms with van der Waals surface area (Å²) < 4.78 is 102. The molecule has 28 N–H and O–H groups in total. The number of aliphatic hydroxyl groups is 24. The van der Waals surface area contributed by atoms with Crippen LogP contribution in [0.4, 0.5) is 0 Å². The van der Waals surface area contributed by atoms with E-state index >= 15 is 0 Å². The summed E-state index contributed by atoms with van der Waals surface area (Å²) in [5, 5.41) is 278. The summed E-state index contributed by atoms with van der Waals surface area (Å²) in [6.07, 6.45) is -84.9. The second-order valence-electron chi connectivity index (χ2n) is 29.8. The molecule has 0 aromatic carbocycles. The summed E-state index contributed by atoms with van der Waals surface area (Å²) in [7, 11) is 0. The summed E-state index contributed by atoms with van der Waals surface area (Å²) in [5.41, 5.74) is 0. The molecule has 688 valence electrons. The number of ether oxygens (including phenoxy) is 17. The maximum absolute atomic E-state index is 13.2. The first kappa shape index (κ1) is 99.4. The van der Waals surface area contributed by atoms with E-state index in [2.05, 4.69) is 33.9 Å². The van der Waals surface area contributed by atoms with Crippen LogP contribution in [0.1, 0.15) is 34.1 Å². The molecular weight excluding hydrogens is 1660 g/mol. The SMILES string of the molecule is CC(=O)NC1C(O)[C@H](O[C@@H]2OC(CO)[C@H](O)[C@H](O)C2O)[C@H](CO)O[C@H]1OC1[C@@H](OCC2O[C@@H](O[C@@H]3C(CO)O[C@@H](O[C@@H]4C(CO)O[C@@H](CC(=O)CSCCS)C(NC(C)=O)[C@H]4O)C(NC(C)=O)[C@H]3O)C(O)[C@@H](O[C@H]3OC(CO)[C@@H](O)C(O)C3O[C@@H]3OC(CO)[C@@H](O[C@@H]4OC(CO)[C@H](O)[C@H](O)C4O)[C@H](O)C3NC(C)=O)[C@@H]2O)OC(CO)[C@@H](O)[C@@H]1O. The summed E-state index contributed by atoms with van der Waals surface area (Å²) in [6, 6.07) is -7.24. The topological polar surface area (TPSA) is 776 Å². The molecule has 9 heterocycles. The minimum Gasteiger partial charge on any atom is -0.394 e. The lowest BCUT2D eigenvalue weighted by molar-refractivity contribution is -0.398. The normalized spacial score (nSPS) is 46.7. The first-order chi connectivity index (χ1) is 56.4. The Morgan fingerprint density at radius 3 is 0.941 bits per heavy atom. The average Bonchev–Trinajstić information content (AvgIpc) is 0.776. The number of thioether (sulfide) groups is 1. The fourth-order valence-corrected chi connectivity index (χ4v) is 16.3. The summed E-state index contributed by atoms with van der Waals surface area (Å²) in [4.78, 5) is 64.9. The van der Waals surface area contributed by atoms with E-state index < -0.39 is 365 Å². The van der Waals surface area contributed by atoms with Crippen LogP contribution in [0.2, 0.25) is 0 Å². The minimum absolute atomic E-state index is 0.0280. The highest BCUT2D eigenvalue weighted by Crippen LogP contribution is 2.40. The summed E-state index contributed by atoms with van der Waals surface area (Å²) in [5.74, 6) is -3.05. The van der Waals surface area contributed by atoms with Crippen LogP contribution in [-0.4, -0.2) is 505 Å². The van der Waals surface area contributed by atoms with E-state index in [1.807, 2.05) is 0 Å². The number of hydrogen-bond acceptors (Lipinski definition) is 48. The fourth-order valence-electron chi connectivity index (χ4n) is 15.3. The number of thiol groups is 1. The van der Waals surface area contributed by atoms with Crippen molar-refractivity contribution < 1.29 is 227 Å². The van der Waals surface area contributed by atoms with Crippen molar-refractivity contribution >= 4 is 53.8 Å².